The molecule has 1 aliphatic rings. The van der Waals surface area contributed by atoms with E-state index in [0.29, 0.717) is 6.10 Å². The lowest BCUT2D eigenvalue weighted by atomic mass is 10.1. The van der Waals surface area contributed by atoms with Crippen molar-refractivity contribution >= 4 is 11.8 Å². The second-order valence-corrected chi connectivity index (χ2v) is 5.66. The lowest BCUT2D eigenvalue weighted by molar-refractivity contribution is 0.0315. The molecule has 0 saturated carbocycles. The van der Waals surface area contributed by atoms with Crippen molar-refractivity contribution in [3.63, 3.8) is 0 Å². The van der Waals surface area contributed by atoms with Gasteiger partial charge in [-0.15, -0.1) is 10.2 Å². The molecule has 0 unspecified atom stereocenters. The summed E-state index contributed by atoms with van der Waals surface area (Å²) in [5.41, 5.74) is 0. The molecular weight excluding hydrogens is 248 g/mol. The zero-order valence-electron chi connectivity index (χ0n) is 11.0. The smallest absolute Gasteiger partial charge is 0.209 e. The second kappa shape index (κ2) is 6.99. The molecular formula is C12H22N4OS. The number of aromatic nitrogens is 3. The van der Waals surface area contributed by atoms with Gasteiger partial charge in [-0.1, -0.05) is 25.1 Å². The standard InChI is InChI=1S/C12H22N4OS/c1-2-3-7-11-14-15-12(16(11)13)18-9-10-6-4-5-8-17-10/h10H,2-9,13H2,1H3/t10-/m1/s1. The Morgan fingerprint density at radius 3 is 3.06 bits per heavy atom. The summed E-state index contributed by atoms with van der Waals surface area (Å²) in [6, 6.07) is 0. The maximum Gasteiger partial charge on any atom is 0.209 e. The molecule has 5 nitrogen and oxygen atoms in total. The highest BCUT2D eigenvalue weighted by atomic mass is 32.2. The van der Waals surface area contributed by atoms with E-state index in [9.17, 15) is 0 Å². The normalized spacial score (nSPS) is 20.2. The zero-order chi connectivity index (χ0) is 12.8. The van der Waals surface area contributed by atoms with E-state index >= 15 is 0 Å². The molecule has 0 spiro atoms. The summed E-state index contributed by atoms with van der Waals surface area (Å²) in [4.78, 5) is 0. The van der Waals surface area contributed by atoms with E-state index in [1.165, 1.54) is 12.8 Å². The van der Waals surface area contributed by atoms with Crippen molar-refractivity contribution in [3.8, 4) is 0 Å². The van der Waals surface area contributed by atoms with E-state index < -0.39 is 0 Å². The molecule has 2 rings (SSSR count). The van der Waals surface area contributed by atoms with Gasteiger partial charge in [-0.05, 0) is 25.7 Å². The third-order valence-electron chi connectivity index (χ3n) is 3.16. The van der Waals surface area contributed by atoms with Gasteiger partial charge < -0.3 is 10.6 Å². The van der Waals surface area contributed by atoms with Crippen molar-refractivity contribution in [1.82, 2.24) is 14.9 Å². The monoisotopic (exact) mass is 270 g/mol. The number of nitrogens with two attached hydrogens (primary N) is 1. The van der Waals surface area contributed by atoms with Crippen molar-refractivity contribution in [3.05, 3.63) is 5.82 Å². The minimum absolute atomic E-state index is 0.347. The summed E-state index contributed by atoms with van der Waals surface area (Å²) in [7, 11) is 0. The van der Waals surface area contributed by atoms with Crippen LogP contribution in [0.3, 0.4) is 0 Å². The molecule has 0 amide bonds. The van der Waals surface area contributed by atoms with Crippen molar-refractivity contribution in [2.24, 2.45) is 0 Å². The van der Waals surface area contributed by atoms with Crippen LogP contribution >= 0.6 is 11.8 Å². The summed E-state index contributed by atoms with van der Waals surface area (Å²) in [5, 5.41) is 9.09. The number of hydrogen-bond acceptors (Lipinski definition) is 5. The van der Waals surface area contributed by atoms with Gasteiger partial charge in [0.05, 0.1) is 6.10 Å². The maximum atomic E-state index is 5.99. The Labute approximate surface area is 112 Å². The van der Waals surface area contributed by atoms with E-state index in [4.69, 9.17) is 10.6 Å². The minimum Gasteiger partial charge on any atom is -0.377 e. The molecule has 18 heavy (non-hydrogen) atoms. The largest absolute Gasteiger partial charge is 0.377 e. The van der Waals surface area contributed by atoms with Gasteiger partial charge in [0, 0.05) is 18.8 Å². The van der Waals surface area contributed by atoms with Gasteiger partial charge in [-0.25, -0.2) is 4.68 Å². The van der Waals surface area contributed by atoms with Crippen LogP contribution in [0.5, 0.6) is 0 Å². The first kappa shape index (κ1) is 13.7. The SMILES string of the molecule is CCCCc1nnc(SC[C@H]2CCCCO2)n1N. The van der Waals surface area contributed by atoms with Crippen LogP contribution in [0.15, 0.2) is 5.16 Å². The van der Waals surface area contributed by atoms with Crippen LogP contribution < -0.4 is 5.84 Å². The molecule has 1 aliphatic heterocycles. The second-order valence-electron chi connectivity index (χ2n) is 4.67. The first-order valence-electron chi connectivity index (χ1n) is 6.75. The van der Waals surface area contributed by atoms with Crippen LogP contribution in [0, 0.1) is 0 Å². The maximum absolute atomic E-state index is 5.99. The average molecular weight is 270 g/mol. The molecule has 2 N–H and O–H groups in total. The summed E-state index contributed by atoms with van der Waals surface area (Å²) in [6.45, 7) is 3.05. The molecule has 0 aromatic carbocycles. The first-order valence-corrected chi connectivity index (χ1v) is 7.73. The van der Waals surface area contributed by atoms with Crippen LogP contribution in [0.25, 0.3) is 0 Å². The van der Waals surface area contributed by atoms with E-state index in [1.807, 2.05) is 0 Å². The topological polar surface area (TPSA) is 66.0 Å². The third kappa shape index (κ3) is 3.62. The quantitative estimate of drug-likeness (QED) is 0.632. The van der Waals surface area contributed by atoms with Gasteiger partial charge in [0.2, 0.25) is 5.16 Å². The summed E-state index contributed by atoms with van der Waals surface area (Å²) < 4.78 is 7.32. The van der Waals surface area contributed by atoms with Crippen LogP contribution in [-0.4, -0.2) is 33.3 Å². The molecule has 1 aromatic heterocycles. The predicted molar refractivity (Wildman–Crippen MR) is 73.1 cm³/mol. The molecule has 0 bridgehead atoms. The van der Waals surface area contributed by atoms with Gasteiger partial charge >= 0.3 is 0 Å². The molecule has 1 fully saturated rings. The van der Waals surface area contributed by atoms with Crippen molar-refractivity contribution in [2.75, 3.05) is 18.2 Å². The molecule has 1 saturated heterocycles. The Morgan fingerprint density at radius 2 is 2.33 bits per heavy atom. The number of ether oxygens (including phenoxy) is 1. The van der Waals surface area contributed by atoms with Crippen LogP contribution in [0.4, 0.5) is 0 Å². The van der Waals surface area contributed by atoms with Gasteiger partial charge in [0.25, 0.3) is 0 Å². The molecule has 0 aliphatic carbocycles. The van der Waals surface area contributed by atoms with E-state index in [-0.39, 0.29) is 0 Å². The van der Waals surface area contributed by atoms with Gasteiger partial charge in [0.1, 0.15) is 0 Å². The molecule has 2 heterocycles. The number of hydrogen-bond donors (Lipinski definition) is 1. The average Bonchev–Trinajstić information content (AvgIpc) is 2.76. The molecule has 0 radical (unpaired) electrons. The highest BCUT2D eigenvalue weighted by molar-refractivity contribution is 7.99. The summed E-state index contributed by atoms with van der Waals surface area (Å²) >= 11 is 1.65. The summed E-state index contributed by atoms with van der Waals surface area (Å²) in [6.07, 6.45) is 7.10. The van der Waals surface area contributed by atoms with Crippen LogP contribution in [0.1, 0.15) is 44.9 Å². The van der Waals surface area contributed by atoms with Crippen molar-refractivity contribution < 1.29 is 4.74 Å². The third-order valence-corrected chi connectivity index (χ3v) is 4.24. The number of nitrogens with zero attached hydrogens (tertiary/aromatic N) is 3. The number of rotatable bonds is 6. The molecule has 1 aromatic rings. The van der Waals surface area contributed by atoms with Gasteiger partial charge in [-0.3, -0.25) is 0 Å². The Hall–Kier alpha value is -0.750. The fourth-order valence-corrected chi connectivity index (χ4v) is 2.96. The fourth-order valence-electron chi connectivity index (χ4n) is 2.02. The van der Waals surface area contributed by atoms with Crippen molar-refractivity contribution in [1.29, 1.82) is 0 Å². The Bertz CT molecular complexity index is 363. The number of nitrogen functional groups attached to an aromatic ring is 1. The molecule has 1 atom stereocenters. The van der Waals surface area contributed by atoms with E-state index in [2.05, 4.69) is 17.1 Å². The lowest BCUT2D eigenvalue weighted by Crippen LogP contribution is -2.22. The number of unbranched alkanes of at least 4 members (excludes halogenated alkanes) is 1. The van der Waals surface area contributed by atoms with Gasteiger partial charge in [0.15, 0.2) is 5.82 Å². The van der Waals surface area contributed by atoms with Crippen LogP contribution in [-0.2, 0) is 11.2 Å². The van der Waals surface area contributed by atoms with Crippen LogP contribution in [0.2, 0.25) is 0 Å². The van der Waals surface area contributed by atoms with E-state index in [1.54, 1.807) is 16.4 Å². The number of thioether (sulfide) groups is 1. The fraction of sp³-hybridized carbons (Fsp3) is 0.833. The Balaban J connectivity index is 1.83. The van der Waals surface area contributed by atoms with Crippen molar-refractivity contribution in [2.45, 2.75) is 56.7 Å². The molecule has 6 heteroatoms. The minimum atomic E-state index is 0.347. The Morgan fingerprint density at radius 1 is 1.44 bits per heavy atom. The predicted octanol–water partition coefficient (Wildman–Crippen LogP) is 2.00. The lowest BCUT2D eigenvalue weighted by Gasteiger charge is -2.21. The highest BCUT2D eigenvalue weighted by Gasteiger charge is 2.16. The molecule has 102 valence electrons. The van der Waals surface area contributed by atoms with Gasteiger partial charge in [-0.2, -0.15) is 0 Å². The summed E-state index contributed by atoms with van der Waals surface area (Å²) in [5.74, 6) is 7.79. The zero-order valence-corrected chi connectivity index (χ0v) is 11.8. The van der Waals surface area contributed by atoms with E-state index in [0.717, 1.165) is 49.0 Å². The first-order chi connectivity index (χ1) is 8.81. The Kier molecular flexibility index (Phi) is 5.31. The highest BCUT2D eigenvalue weighted by Crippen LogP contribution is 2.22. The number of aryl methyl sites for hydroxylation is 1.